The second-order valence-corrected chi connectivity index (χ2v) is 9.39. The third-order valence-corrected chi connectivity index (χ3v) is 4.89. The fourth-order valence-electron chi connectivity index (χ4n) is 3.37. The van der Waals surface area contributed by atoms with Crippen molar-refractivity contribution in [1.29, 1.82) is 0 Å². The van der Waals surface area contributed by atoms with Crippen LogP contribution in [0.3, 0.4) is 0 Å². The smallest absolute Gasteiger partial charge is 0.510 e. The Morgan fingerprint density at radius 3 is 2.17 bits per heavy atom. The number of aryl methyl sites for hydroxylation is 1. The van der Waals surface area contributed by atoms with Crippen LogP contribution in [0.25, 0.3) is 0 Å². The van der Waals surface area contributed by atoms with E-state index in [1.807, 2.05) is 0 Å². The number of amides is 2. The van der Waals surface area contributed by atoms with E-state index in [-0.39, 0.29) is 34.2 Å². The van der Waals surface area contributed by atoms with Crippen LogP contribution in [0.1, 0.15) is 32.0 Å². The molecule has 3 aromatic rings. The van der Waals surface area contributed by atoms with Crippen molar-refractivity contribution in [3.05, 3.63) is 71.0 Å². The minimum Gasteiger partial charge on any atom is -0.510 e. The first-order chi connectivity index (χ1) is 18.3. The summed E-state index contributed by atoms with van der Waals surface area (Å²) in [4.78, 5) is 28.3. The number of aromatic nitrogens is 1. The topological polar surface area (TPSA) is 113 Å². The average Bonchev–Trinajstić information content (AvgIpc) is 2.79. The number of alkyl halides is 6. The highest BCUT2D eigenvalue weighted by Gasteiger charge is 2.34. The molecule has 0 atom stereocenters. The first-order valence-corrected chi connectivity index (χ1v) is 11.4. The summed E-state index contributed by atoms with van der Waals surface area (Å²) in [5, 5.41) is 1.42. The van der Waals surface area contributed by atoms with Crippen molar-refractivity contribution in [2.75, 3.05) is 5.32 Å². The first-order valence-electron chi connectivity index (χ1n) is 11.4. The van der Waals surface area contributed by atoms with Gasteiger partial charge in [-0.25, -0.2) is 0 Å². The molecule has 0 saturated carbocycles. The predicted molar refractivity (Wildman–Crippen MR) is 139 cm³/mol. The molecule has 8 nitrogen and oxygen atoms in total. The van der Waals surface area contributed by atoms with E-state index in [2.05, 4.69) is 15.0 Å². The van der Waals surface area contributed by atoms with Crippen molar-refractivity contribution in [3.8, 4) is 23.0 Å². The van der Waals surface area contributed by atoms with Gasteiger partial charge in [-0.2, -0.15) is 13.2 Å². The number of rotatable bonds is 8. The Labute approximate surface area is 226 Å². The molecule has 2 aromatic carbocycles. The molecule has 208 valence electrons. The molecule has 40 heavy (non-hydrogen) atoms. The van der Waals surface area contributed by atoms with Gasteiger partial charge in [-0.05, 0) is 48.9 Å². The SMILES string of the molecule is BC(B)(B)Oc1cc(OC(F)(F)F)ccc1Oc1c(C)cc(C(F)(F)F)cc1C(=O)Nc1ccnc(C(N)=O)c1. The molecule has 0 unspecified atom stereocenters. The number of carbonyl (C=O) groups is 2. The van der Waals surface area contributed by atoms with E-state index in [0.29, 0.717) is 6.07 Å². The maximum absolute atomic E-state index is 13.6. The van der Waals surface area contributed by atoms with Gasteiger partial charge in [0, 0.05) is 23.2 Å². The van der Waals surface area contributed by atoms with Crippen LogP contribution < -0.4 is 25.3 Å². The molecule has 3 rings (SSSR count). The standard InChI is InChI=1S/C23H20B3F6N3O5/c1-10-6-11(21(27,28)29)7-14(20(37)35-12-4-5-34-15(8-12)19(33)36)18(10)38-16-3-2-13(39-23(30,31)32)9-17(16)40-22(24,25)26/h2-9H,24-26H2,1H3,(H2,33,36)(H,34,35,37). The van der Waals surface area contributed by atoms with Gasteiger partial charge in [0.15, 0.2) is 11.5 Å². The molecule has 1 heterocycles. The van der Waals surface area contributed by atoms with Gasteiger partial charge in [-0.15, -0.1) is 13.2 Å². The van der Waals surface area contributed by atoms with Gasteiger partial charge in [0.25, 0.3) is 11.8 Å². The van der Waals surface area contributed by atoms with Crippen molar-refractivity contribution >= 4 is 41.0 Å². The molecule has 0 aliphatic carbocycles. The van der Waals surface area contributed by atoms with E-state index in [0.717, 1.165) is 36.5 Å². The predicted octanol–water partition coefficient (Wildman–Crippen LogP) is 2.34. The molecule has 3 N–H and O–H groups in total. The van der Waals surface area contributed by atoms with E-state index in [4.69, 9.17) is 15.2 Å². The van der Waals surface area contributed by atoms with Crippen molar-refractivity contribution in [1.82, 2.24) is 4.98 Å². The number of anilines is 1. The molecule has 0 aliphatic rings. The van der Waals surface area contributed by atoms with Crippen LogP contribution >= 0.6 is 0 Å². The molecule has 17 heteroatoms. The molecular weight excluding hydrogens is 545 g/mol. The van der Waals surface area contributed by atoms with Crippen LogP contribution in [0, 0.1) is 6.92 Å². The Hall–Kier alpha value is -4.30. The quantitative estimate of drug-likeness (QED) is 0.321. The normalized spacial score (nSPS) is 12.0. The number of hydrogen-bond acceptors (Lipinski definition) is 6. The van der Waals surface area contributed by atoms with Gasteiger partial charge in [-0.1, -0.05) is 0 Å². The Kier molecular flexibility index (Phi) is 8.36. The average molecular weight is 565 g/mol. The number of primary amides is 1. The highest BCUT2D eigenvalue weighted by molar-refractivity contribution is 6.58. The zero-order chi connectivity index (χ0) is 30.0. The molecule has 0 spiro atoms. The number of nitrogens with zero attached hydrogens (tertiary/aromatic N) is 1. The first kappa shape index (κ1) is 30.2. The van der Waals surface area contributed by atoms with E-state index in [1.54, 1.807) is 23.5 Å². The monoisotopic (exact) mass is 565 g/mol. The van der Waals surface area contributed by atoms with Crippen molar-refractivity contribution < 1.29 is 50.1 Å². The Morgan fingerprint density at radius 1 is 0.925 bits per heavy atom. The lowest BCUT2D eigenvalue weighted by Crippen LogP contribution is -2.37. The molecule has 0 bridgehead atoms. The Balaban J connectivity index is 2.11. The second-order valence-electron chi connectivity index (χ2n) is 9.39. The molecule has 0 saturated heterocycles. The molecule has 0 aliphatic heterocycles. The minimum absolute atomic E-state index is 0.000206. The highest BCUT2D eigenvalue weighted by atomic mass is 19.4. The van der Waals surface area contributed by atoms with Crippen LogP contribution in [0.2, 0.25) is 0 Å². The summed E-state index contributed by atoms with van der Waals surface area (Å²) >= 11 is 0. The lowest BCUT2D eigenvalue weighted by molar-refractivity contribution is -0.274. The van der Waals surface area contributed by atoms with E-state index in [9.17, 15) is 35.9 Å². The molecule has 1 aromatic heterocycles. The van der Waals surface area contributed by atoms with Gasteiger partial charge in [0.2, 0.25) is 0 Å². The number of carbonyl (C=O) groups excluding carboxylic acids is 2. The number of halogens is 6. The summed E-state index contributed by atoms with van der Waals surface area (Å²) in [6.45, 7) is 1.25. The maximum Gasteiger partial charge on any atom is 0.573 e. The van der Waals surface area contributed by atoms with Crippen molar-refractivity contribution in [3.63, 3.8) is 0 Å². The zero-order valence-electron chi connectivity index (χ0n) is 21.5. The molecular formula is C23H20B3F6N3O5. The van der Waals surface area contributed by atoms with Crippen LogP contribution in [0.5, 0.6) is 23.0 Å². The van der Waals surface area contributed by atoms with Crippen LogP contribution in [0.15, 0.2) is 48.7 Å². The minimum atomic E-state index is -5.00. The third kappa shape index (κ3) is 8.10. The zero-order valence-corrected chi connectivity index (χ0v) is 21.5. The van der Waals surface area contributed by atoms with Crippen molar-refractivity contribution in [2.24, 2.45) is 5.73 Å². The fourth-order valence-corrected chi connectivity index (χ4v) is 3.37. The van der Waals surface area contributed by atoms with Gasteiger partial charge < -0.3 is 25.3 Å². The summed E-state index contributed by atoms with van der Waals surface area (Å²) in [7, 11) is 4.81. The number of hydrogen-bond donors (Lipinski definition) is 2. The van der Waals surface area contributed by atoms with Gasteiger partial charge >= 0.3 is 12.5 Å². The number of pyridine rings is 1. The number of nitrogens with two attached hydrogens (primary N) is 1. The maximum atomic E-state index is 13.6. The van der Waals surface area contributed by atoms with Crippen LogP contribution in [-0.4, -0.2) is 52.0 Å². The van der Waals surface area contributed by atoms with Gasteiger partial charge in [-0.3, -0.25) is 14.6 Å². The van der Waals surface area contributed by atoms with Crippen LogP contribution in [0.4, 0.5) is 32.0 Å². The Morgan fingerprint density at radius 2 is 1.60 bits per heavy atom. The summed E-state index contributed by atoms with van der Waals surface area (Å²) in [5.41, 5.74) is 3.13. The fraction of sp³-hybridized carbons (Fsp3) is 0.174. The number of nitrogens with one attached hydrogen (secondary N) is 1. The summed E-state index contributed by atoms with van der Waals surface area (Å²) in [6, 6.07) is 6.57. The second kappa shape index (κ2) is 11.1. The lowest BCUT2D eigenvalue weighted by Gasteiger charge is -2.25. The molecule has 2 amide bonds. The molecule has 0 fully saturated rings. The van der Waals surface area contributed by atoms with Crippen LogP contribution in [-0.2, 0) is 6.18 Å². The van der Waals surface area contributed by atoms with Gasteiger partial charge in [0.05, 0.1) is 11.1 Å². The highest BCUT2D eigenvalue weighted by Crippen LogP contribution is 2.41. The summed E-state index contributed by atoms with van der Waals surface area (Å²) in [6.07, 6.45) is -8.67. The van der Waals surface area contributed by atoms with E-state index < -0.39 is 46.5 Å². The molecule has 0 radical (unpaired) electrons. The number of ether oxygens (including phenoxy) is 3. The van der Waals surface area contributed by atoms with E-state index in [1.165, 1.54) is 13.0 Å². The third-order valence-electron chi connectivity index (χ3n) is 4.89. The number of benzene rings is 2. The lowest BCUT2D eigenvalue weighted by atomic mass is 9.52. The Bertz CT molecular complexity index is 1450. The van der Waals surface area contributed by atoms with Crippen molar-refractivity contribution in [2.45, 2.75) is 24.8 Å². The van der Waals surface area contributed by atoms with E-state index >= 15 is 0 Å². The summed E-state index contributed by atoms with van der Waals surface area (Å²) < 4.78 is 94.6. The van der Waals surface area contributed by atoms with Gasteiger partial charge in [0.1, 0.15) is 40.7 Å². The largest absolute Gasteiger partial charge is 0.573 e. The summed E-state index contributed by atoms with van der Waals surface area (Å²) in [5.74, 6) is -3.37.